The van der Waals surface area contributed by atoms with Crippen LogP contribution in [0.3, 0.4) is 0 Å². The van der Waals surface area contributed by atoms with Crippen LogP contribution in [0.15, 0.2) is 0 Å². The van der Waals surface area contributed by atoms with Crippen LogP contribution in [0.4, 0.5) is 0 Å². The highest BCUT2D eigenvalue weighted by Gasteiger charge is 2.09. The fourth-order valence-corrected chi connectivity index (χ4v) is 2.57. The van der Waals surface area contributed by atoms with Crippen molar-refractivity contribution in [3.05, 3.63) is 5.01 Å². The Kier molecular flexibility index (Phi) is 9.53. The summed E-state index contributed by atoms with van der Waals surface area (Å²) in [6.45, 7) is 6.57. The van der Waals surface area contributed by atoms with E-state index in [1.165, 1.54) is 37.0 Å². The van der Waals surface area contributed by atoms with Crippen LogP contribution in [-0.2, 0) is 11.3 Å². The number of hydrogen-bond donors (Lipinski definition) is 1. The first-order valence-corrected chi connectivity index (χ1v) is 8.26. The second-order valence-corrected chi connectivity index (χ2v) is 5.93. The van der Waals surface area contributed by atoms with E-state index >= 15 is 0 Å². The van der Waals surface area contributed by atoms with Gasteiger partial charge in [0.15, 0.2) is 0 Å². The zero-order valence-electron chi connectivity index (χ0n) is 12.9. The maximum Gasteiger partial charge on any atom is 0.294 e. The van der Waals surface area contributed by atoms with E-state index in [0.29, 0.717) is 11.8 Å². The van der Waals surface area contributed by atoms with Crippen molar-refractivity contribution in [3.63, 3.8) is 0 Å². The summed E-state index contributed by atoms with van der Waals surface area (Å²) in [7, 11) is 1.69. The molecule has 6 heteroatoms. The van der Waals surface area contributed by atoms with Crippen molar-refractivity contribution in [2.45, 2.75) is 58.6 Å². The fraction of sp³-hybridized carbons (Fsp3) is 0.857. The van der Waals surface area contributed by atoms with Gasteiger partial charge in [-0.05, 0) is 19.8 Å². The molecule has 1 aromatic heterocycles. The van der Waals surface area contributed by atoms with Gasteiger partial charge in [0.05, 0.1) is 12.7 Å². The smallest absolute Gasteiger partial charge is 0.294 e. The standard InChI is InChI=1S/C14H27N3O2S/c1-4-5-6-7-8-12(2)19-14-17-16-13(20-14)11-15-9-10-18-3/h12,15H,4-11H2,1-3H3. The number of ether oxygens (including phenoxy) is 2. The van der Waals surface area contributed by atoms with Crippen LogP contribution in [0.1, 0.15) is 51.0 Å². The molecule has 0 fully saturated rings. The largest absolute Gasteiger partial charge is 0.466 e. The molecule has 1 atom stereocenters. The molecule has 1 unspecified atom stereocenters. The number of methoxy groups -OCH3 is 1. The van der Waals surface area contributed by atoms with Gasteiger partial charge in [-0.25, -0.2) is 0 Å². The SMILES string of the molecule is CCCCCCC(C)Oc1nnc(CNCCOC)s1. The molecule has 0 saturated carbocycles. The van der Waals surface area contributed by atoms with Gasteiger partial charge in [0, 0.05) is 20.2 Å². The fourth-order valence-electron chi connectivity index (χ4n) is 1.82. The number of aromatic nitrogens is 2. The van der Waals surface area contributed by atoms with Crippen molar-refractivity contribution in [2.75, 3.05) is 20.3 Å². The van der Waals surface area contributed by atoms with Gasteiger partial charge < -0.3 is 14.8 Å². The Labute approximate surface area is 126 Å². The van der Waals surface area contributed by atoms with Gasteiger partial charge >= 0.3 is 0 Å². The van der Waals surface area contributed by atoms with Crippen molar-refractivity contribution in [2.24, 2.45) is 0 Å². The van der Waals surface area contributed by atoms with Crippen LogP contribution < -0.4 is 10.1 Å². The summed E-state index contributed by atoms with van der Waals surface area (Å²) >= 11 is 1.52. The zero-order chi connectivity index (χ0) is 14.6. The Bertz CT molecular complexity index is 347. The molecule has 1 aromatic rings. The minimum absolute atomic E-state index is 0.217. The lowest BCUT2D eigenvalue weighted by atomic mass is 10.1. The normalized spacial score (nSPS) is 12.6. The zero-order valence-corrected chi connectivity index (χ0v) is 13.7. The number of nitrogens with zero attached hydrogens (tertiary/aromatic N) is 2. The first-order chi connectivity index (χ1) is 9.76. The Hall–Kier alpha value is -0.720. The van der Waals surface area contributed by atoms with Crippen molar-refractivity contribution < 1.29 is 9.47 Å². The van der Waals surface area contributed by atoms with Gasteiger partial charge in [-0.3, -0.25) is 0 Å². The van der Waals surface area contributed by atoms with Gasteiger partial charge in [-0.2, -0.15) is 0 Å². The lowest BCUT2D eigenvalue weighted by Crippen LogP contribution is -2.18. The molecular formula is C14H27N3O2S. The van der Waals surface area contributed by atoms with Crippen LogP contribution in [0, 0.1) is 0 Å². The van der Waals surface area contributed by atoms with Gasteiger partial charge in [0.25, 0.3) is 5.19 Å². The summed E-state index contributed by atoms with van der Waals surface area (Å²) < 4.78 is 10.8. The van der Waals surface area contributed by atoms with E-state index in [4.69, 9.17) is 9.47 Å². The van der Waals surface area contributed by atoms with E-state index in [9.17, 15) is 0 Å². The summed E-state index contributed by atoms with van der Waals surface area (Å²) in [6.07, 6.45) is 6.39. The van der Waals surface area contributed by atoms with E-state index < -0.39 is 0 Å². The van der Waals surface area contributed by atoms with Crippen LogP contribution in [0.25, 0.3) is 0 Å². The second kappa shape index (κ2) is 11.0. The van der Waals surface area contributed by atoms with E-state index in [0.717, 1.165) is 24.5 Å². The third-order valence-corrected chi connectivity index (χ3v) is 3.79. The van der Waals surface area contributed by atoms with Gasteiger partial charge in [0.1, 0.15) is 5.01 Å². The summed E-state index contributed by atoms with van der Waals surface area (Å²) in [5.41, 5.74) is 0. The highest BCUT2D eigenvalue weighted by atomic mass is 32.1. The molecule has 0 aromatic carbocycles. The molecule has 20 heavy (non-hydrogen) atoms. The van der Waals surface area contributed by atoms with Crippen molar-refractivity contribution in [3.8, 4) is 5.19 Å². The van der Waals surface area contributed by atoms with Crippen LogP contribution >= 0.6 is 11.3 Å². The Morgan fingerprint density at radius 3 is 2.85 bits per heavy atom. The van der Waals surface area contributed by atoms with Crippen LogP contribution in [0.5, 0.6) is 5.19 Å². The molecule has 1 heterocycles. The van der Waals surface area contributed by atoms with Gasteiger partial charge in [0.2, 0.25) is 0 Å². The first kappa shape index (κ1) is 17.3. The molecular weight excluding hydrogens is 274 g/mol. The number of rotatable bonds is 12. The summed E-state index contributed by atoms with van der Waals surface area (Å²) in [6, 6.07) is 0. The third-order valence-electron chi connectivity index (χ3n) is 2.97. The van der Waals surface area contributed by atoms with Crippen molar-refractivity contribution in [1.29, 1.82) is 0 Å². The van der Waals surface area contributed by atoms with Crippen LogP contribution in [-0.4, -0.2) is 36.6 Å². The molecule has 1 N–H and O–H groups in total. The predicted octanol–water partition coefficient (Wildman–Crippen LogP) is 3.01. The predicted molar refractivity (Wildman–Crippen MR) is 82.3 cm³/mol. The molecule has 0 aliphatic heterocycles. The van der Waals surface area contributed by atoms with Crippen molar-refractivity contribution >= 4 is 11.3 Å². The molecule has 5 nitrogen and oxygen atoms in total. The molecule has 0 spiro atoms. The maximum atomic E-state index is 5.80. The Morgan fingerprint density at radius 1 is 1.25 bits per heavy atom. The Balaban J connectivity index is 2.18. The van der Waals surface area contributed by atoms with Gasteiger partial charge in [-0.15, -0.1) is 5.10 Å². The minimum atomic E-state index is 0.217. The lowest BCUT2D eigenvalue weighted by Gasteiger charge is -2.11. The molecule has 116 valence electrons. The molecule has 0 saturated heterocycles. The highest BCUT2D eigenvalue weighted by Crippen LogP contribution is 2.20. The van der Waals surface area contributed by atoms with E-state index in [2.05, 4.69) is 29.4 Å². The minimum Gasteiger partial charge on any atom is -0.466 e. The quantitative estimate of drug-likeness (QED) is 0.601. The number of unbranched alkanes of at least 4 members (excludes halogenated alkanes) is 3. The van der Waals surface area contributed by atoms with E-state index in [-0.39, 0.29) is 6.10 Å². The molecule has 1 rings (SSSR count). The van der Waals surface area contributed by atoms with E-state index in [1.807, 2.05) is 0 Å². The average Bonchev–Trinajstić information content (AvgIpc) is 2.87. The molecule has 0 radical (unpaired) electrons. The Morgan fingerprint density at radius 2 is 2.10 bits per heavy atom. The first-order valence-electron chi connectivity index (χ1n) is 7.45. The second-order valence-electron chi connectivity index (χ2n) is 4.91. The molecule has 0 aliphatic rings. The highest BCUT2D eigenvalue weighted by molar-refractivity contribution is 7.13. The summed E-state index contributed by atoms with van der Waals surface area (Å²) in [5, 5.41) is 13.1. The average molecular weight is 301 g/mol. The summed E-state index contributed by atoms with van der Waals surface area (Å²) in [5.74, 6) is 0. The van der Waals surface area contributed by atoms with E-state index in [1.54, 1.807) is 7.11 Å². The number of nitrogens with one attached hydrogen (secondary N) is 1. The molecule has 0 aliphatic carbocycles. The van der Waals surface area contributed by atoms with Gasteiger partial charge in [-0.1, -0.05) is 42.6 Å². The monoisotopic (exact) mass is 301 g/mol. The number of hydrogen-bond acceptors (Lipinski definition) is 6. The molecule has 0 amide bonds. The maximum absolute atomic E-state index is 5.80. The topological polar surface area (TPSA) is 56.3 Å². The van der Waals surface area contributed by atoms with Crippen LogP contribution in [0.2, 0.25) is 0 Å². The summed E-state index contributed by atoms with van der Waals surface area (Å²) in [4.78, 5) is 0. The lowest BCUT2D eigenvalue weighted by molar-refractivity contribution is 0.199. The molecule has 0 bridgehead atoms. The third kappa shape index (κ3) is 7.77. The van der Waals surface area contributed by atoms with Crippen molar-refractivity contribution in [1.82, 2.24) is 15.5 Å².